The van der Waals surface area contributed by atoms with Crippen molar-refractivity contribution in [3.63, 3.8) is 0 Å². The topological polar surface area (TPSA) is 0 Å². The number of rotatable bonds is 12. The van der Waals surface area contributed by atoms with Gasteiger partial charge in [0.1, 0.15) is 0 Å². The van der Waals surface area contributed by atoms with Crippen molar-refractivity contribution in [3.8, 4) is 0 Å². The summed E-state index contributed by atoms with van der Waals surface area (Å²) in [5, 5.41) is 3.11. The Labute approximate surface area is 117 Å². The van der Waals surface area contributed by atoms with Crippen molar-refractivity contribution in [2.24, 2.45) is 11.8 Å². The van der Waals surface area contributed by atoms with Gasteiger partial charge in [0, 0.05) is 0 Å². The van der Waals surface area contributed by atoms with Crippen molar-refractivity contribution in [1.82, 2.24) is 0 Å². The molecule has 2 atom stereocenters. The molecule has 0 aromatic carbocycles. The van der Waals surface area contributed by atoms with Crippen LogP contribution in [0.25, 0.3) is 0 Å². The van der Waals surface area contributed by atoms with E-state index in [9.17, 15) is 0 Å². The Morgan fingerprint density at radius 2 is 1.06 bits per heavy atom. The third kappa shape index (κ3) is 10.2. The van der Waals surface area contributed by atoms with Crippen LogP contribution < -0.4 is 0 Å². The van der Waals surface area contributed by atoms with Crippen molar-refractivity contribution < 1.29 is 0 Å². The van der Waals surface area contributed by atoms with Crippen LogP contribution in [0.3, 0.4) is 0 Å². The molecule has 0 fully saturated rings. The van der Waals surface area contributed by atoms with Crippen molar-refractivity contribution in [2.75, 3.05) is 0 Å². The van der Waals surface area contributed by atoms with E-state index in [4.69, 9.17) is 0 Å². The fraction of sp³-hybridized carbons (Fsp3) is 1.00. The van der Waals surface area contributed by atoms with Gasteiger partial charge in [-0.05, 0) is 0 Å². The second-order valence-electron chi connectivity index (χ2n) is 5.57. The van der Waals surface area contributed by atoms with Crippen LogP contribution in [0.15, 0.2) is 0 Å². The molecule has 0 aromatic heterocycles. The van der Waals surface area contributed by atoms with Crippen molar-refractivity contribution in [2.45, 2.75) is 89.6 Å². The first-order valence-electron chi connectivity index (χ1n) is 8.09. The molecule has 1 heteroatoms. The van der Waals surface area contributed by atoms with Crippen LogP contribution in [0, 0.1) is 11.8 Å². The normalized spacial score (nSPS) is 14.4. The van der Waals surface area contributed by atoms with Crippen LogP contribution >= 0.6 is 0 Å². The zero-order chi connectivity index (χ0) is 12.9. The van der Waals surface area contributed by atoms with Gasteiger partial charge in [-0.15, -0.1) is 0 Å². The first-order valence-corrected chi connectivity index (χ1v) is 9.73. The summed E-state index contributed by atoms with van der Waals surface area (Å²) in [5.74, 6) is 2.07. The molecule has 0 spiro atoms. The predicted octanol–water partition coefficient (Wildman–Crippen LogP) is 5.96. The molecule has 0 saturated heterocycles. The van der Waals surface area contributed by atoms with Crippen molar-refractivity contribution >= 4 is 15.2 Å². The molecule has 0 aliphatic carbocycles. The van der Waals surface area contributed by atoms with E-state index in [0.717, 1.165) is 27.1 Å². The SMILES string of the molecule is CCCC(CC)C[CH2][Al+][CH2]CC(CC)CCC. The molecule has 17 heavy (non-hydrogen) atoms. The van der Waals surface area contributed by atoms with Gasteiger partial charge in [0.05, 0.1) is 0 Å². The Morgan fingerprint density at radius 3 is 1.35 bits per heavy atom. The van der Waals surface area contributed by atoms with E-state index in [-0.39, 0.29) is 0 Å². The Bertz CT molecular complexity index is 128. The summed E-state index contributed by atoms with van der Waals surface area (Å²) in [6.45, 7) is 9.38. The number of hydrogen-bond acceptors (Lipinski definition) is 0. The van der Waals surface area contributed by atoms with E-state index in [1.54, 1.807) is 10.6 Å². The third-order valence-corrected chi connectivity index (χ3v) is 5.59. The number of hydrogen-bond donors (Lipinski definition) is 0. The first-order chi connectivity index (χ1) is 8.28. The summed E-state index contributed by atoms with van der Waals surface area (Å²) < 4.78 is 0. The Kier molecular flexibility index (Phi) is 13.4. The minimum atomic E-state index is 0.753. The Morgan fingerprint density at radius 1 is 0.647 bits per heavy atom. The summed E-state index contributed by atoms with van der Waals surface area (Å²) >= 11 is 0.753. The van der Waals surface area contributed by atoms with E-state index in [2.05, 4.69) is 27.7 Å². The van der Waals surface area contributed by atoms with Crippen molar-refractivity contribution in [1.29, 1.82) is 0 Å². The van der Waals surface area contributed by atoms with Crippen LogP contribution in [0.4, 0.5) is 0 Å². The molecule has 100 valence electrons. The molecular weight excluding hydrogens is 219 g/mol. The van der Waals surface area contributed by atoms with Gasteiger partial charge in [0.2, 0.25) is 0 Å². The third-order valence-electron chi connectivity index (χ3n) is 4.11. The van der Waals surface area contributed by atoms with Crippen LogP contribution in [-0.2, 0) is 0 Å². The maximum atomic E-state index is 2.37. The summed E-state index contributed by atoms with van der Waals surface area (Å²) in [5.41, 5.74) is 0. The van der Waals surface area contributed by atoms with Crippen molar-refractivity contribution in [3.05, 3.63) is 0 Å². The minimum absolute atomic E-state index is 0.753. The molecule has 0 aliphatic rings. The molecule has 0 aromatic rings. The predicted molar refractivity (Wildman–Crippen MR) is 82.0 cm³/mol. The van der Waals surface area contributed by atoms with Gasteiger partial charge in [-0.3, -0.25) is 0 Å². The molecule has 0 saturated carbocycles. The van der Waals surface area contributed by atoms with E-state index >= 15 is 0 Å². The second kappa shape index (κ2) is 13.0. The molecular formula is C16H34Al+. The molecule has 0 amide bonds. The summed E-state index contributed by atoms with van der Waals surface area (Å²) in [6.07, 6.45) is 11.5. The van der Waals surface area contributed by atoms with Crippen LogP contribution in [0.1, 0.15) is 79.1 Å². The van der Waals surface area contributed by atoms with Gasteiger partial charge in [-0.1, -0.05) is 0 Å². The quantitative estimate of drug-likeness (QED) is 0.297. The first kappa shape index (κ1) is 17.5. The van der Waals surface area contributed by atoms with E-state index in [1.165, 1.54) is 51.4 Å². The molecule has 0 heterocycles. The molecule has 2 unspecified atom stereocenters. The Balaban J connectivity index is 3.43. The fourth-order valence-electron chi connectivity index (χ4n) is 2.77. The van der Waals surface area contributed by atoms with Gasteiger partial charge in [0.25, 0.3) is 0 Å². The van der Waals surface area contributed by atoms with Crippen LogP contribution in [-0.4, -0.2) is 15.2 Å². The standard InChI is InChI=1S/2C8H17.Al/c2*1-4-7-8(5-2)6-3;/h2*8H,2,4-7H2,1,3H3;/q;;+1. The molecule has 0 nitrogen and oxygen atoms in total. The van der Waals surface area contributed by atoms with Crippen LogP contribution in [0.2, 0.25) is 10.6 Å². The molecule has 0 aliphatic heterocycles. The summed E-state index contributed by atoms with van der Waals surface area (Å²) in [4.78, 5) is 0. The van der Waals surface area contributed by atoms with Crippen LogP contribution in [0.5, 0.6) is 0 Å². The molecule has 0 radical (unpaired) electrons. The van der Waals surface area contributed by atoms with E-state index in [0.29, 0.717) is 0 Å². The average Bonchev–Trinajstić information content (AvgIpc) is 2.35. The zero-order valence-electron chi connectivity index (χ0n) is 12.8. The van der Waals surface area contributed by atoms with E-state index < -0.39 is 0 Å². The van der Waals surface area contributed by atoms with Gasteiger partial charge in [-0.25, -0.2) is 0 Å². The maximum absolute atomic E-state index is 2.37. The monoisotopic (exact) mass is 253 g/mol. The van der Waals surface area contributed by atoms with E-state index in [1.807, 2.05) is 0 Å². The van der Waals surface area contributed by atoms with Gasteiger partial charge in [-0.2, -0.15) is 0 Å². The van der Waals surface area contributed by atoms with Gasteiger partial charge >= 0.3 is 117 Å². The molecule has 0 N–H and O–H groups in total. The summed E-state index contributed by atoms with van der Waals surface area (Å²) in [7, 11) is 0. The second-order valence-corrected chi connectivity index (χ2v) is 7.30. The van der Waals surface area contributed by atoms with Gasteiger partial charge in [0.15, 0.2) is 0 Å². The summed E-state index contributed by atoms with van der Waals surface area (Å²) in [6, 6.07) is 0. The molecule has 0 rings (SSSR count). The molecule has 0 bridgehead atoms. The fourth-order valence-corrected chi connectivity index (χ4v) is 4.48. The average molecular weight is 253 g/mol. The van der Waals surface area contributed by atoms with Gasteiger partial charge < -0.3 is 0 Å². The zero-order valence-corrected chi connectivity index (χ0v) is 14.0. The Hall–Kier alpha value is 0.532.